The first-order chi connectivity index (χ1) is 11.5. The Bertz CT molecular complexity index is 864. The Kier molecular flexibility index (Phi) is 4.55. The second-order valence-corrected chi connectivity index (χ2v) is 7.29. The molecule has 1 heterocycles. The van der Waals surface area contributed by atoms with Crippen molar-refractivity contribution in [1.82, 2.24) is 4.83 Å². The van der Waals surface area contributed by atoms with Crippen molar-refractivity contribution in [2.24, 2.45) is 0 Å². The number of aliphatic carboxylic acids is 1. The molecule has 0 unspecified atom stereocenters. The summed E-state index contributed by atoms with van der Waals surface area (Å²) in [5, 5.41) is 10.6. The van der Waals surface area contributed by atoms with Gasteiger partial charge in [-0.2, -0.15) is 0 Å². The molecule has 1 aliphatic heterocycles. The average molecular weight is 346 g/mol. The Morgan fingerprint density at radius 2 is 1.83 bits per heavy atom. The Labute approximate surface area is 140 Å². The Hall–Kier alpha value is -2.38. The van der Waals surface area contributed by atoms with Crippen molar-refractivity contribution >= 4 is 21.7 Å². The minimum Gasteiger partial charge on any atom is -0.481 e. The molecule has 0 bridgehead atoms. The zero-order valence-electron chi connectivity index (χ0n) is 13.0. The SMILES string of the molecule is O=C(O)Cc1ccccc1S(=O)(=O)NN1CCCc2ccccc21. The molecule has 0 aromatic heterocycles. The highest BCUT2D eigenvalue weighted by atomic mass is 32.2. The lowest BCUT2D eigenvalue weighted by atomic mass is 10.0. The standard InChI is InChI=1S/C17H18N2O4S/c20-17(21)12-14-7-2-4-10-16(14)24(22,23)18-19-11-5-8-13-6-1-3-9-15(13)19/h1-4,6-7,9-10,18H,5,8,11-12H2,(H,20,21). The number of carbonyl (C=O) groups is 1. The van der Waals surface area contributed by atoms with Crippen molar-refractivity contribution in [2.75, 3.05) is 11.6 Å². The molecule has 0 amide bonds. The summed E-state index contributed by atoms with van der Waals surface area (Å²) >= 11 is 0. The van der Waals surface area contributed by atoms with Crippen molar-refractivity contribution in [3.05, 3.63) is 59.7 Å². The topological polar surface area (TPSA) is 86.7 Å². The highest BCUT2D eigenvalue weighted by molar-refractivity contribution is 7.89. The molecule has 24 heavy (non-hydrogen) atoms. The smallest absolute Gasteiger partial charge is 0.307 e. The number of para-hydroxylation sites is 1. The zero-order valence-corrected chi connectivity index (χ0v) is 13.8. The fourth-order valence-electron chi connectivity index (χ4n) is 2.90. The van der Waals surface area contributed by atoms with Gasteiger partial charge in [0.1, 0.15) is 0 Å². The largest absolute Gasteiger partial charge is 0.481 e. The van der Waals surface area contributed by atoms with Gasteiger partial charge in [-0.25, -0.2) is 8.42 Å². The van der Waals surface area contributed by atoms with Crippen LogP contribution in [-0.4, -0.2) is 26.0 Å². The molecule has 0 saturated carbocycles. The number of hydrogen-bond acceptors (Lipinski definition) is 4. The summed E-state index contributed by atoms with van der Waals surface area (Å²) in [6, 6.07) is 13.8. The maximum Gasteiger partial charge on any atom is 0.307 e. The van der Waals surface area contributed by atoms with E-state index in [0.29, 0.717) is 6.54 Å². The normalized spacial score (nSPS) is 14.2. The van der Waals surface area contributed by atoms with Gasteiger partial charge in [0.15, 0.2) is 0 Å². The van der Waals surface area contributed by atoms with Crippen LogP contribution in [0.2, 0.25) is 0 Å². The van der Waals surface area contributed by atoms with Crippen LogP contribution in [0.5, 0.6) is 0 Å². The molecule has 2 N–H and O–H groups in total. The molecular formula is C17H18N2O4S. The van der Waals surface area contributed by atoms with Crippen molar-refractivity contribution in [1.29, 1.82) is 0 Å². The third-order valence-electron chi connectivity index (χ3n) is 3.94. The first kappa shape index (κ1) is 16.5. The van der Waals surface area contributed by atoms with Gasteiger partial charge in [0.2, 0.25) is 0 Å². The van der Waals surface area contributed by atoms with Crippen LogP contribution < -0.4 is 9.84 Å². The molecule has 2 aromatic rings. The Balaban J connectivity index is 1.92. The molecule has 0 saturated heterocycles. The molecule has 3 rings (SSSR count). The summed E-state index contributed by atoms with van der Waals surface area (Å²) in [5.74, 6) is -1.07. The Morgan fingerprint density at radius 1 is 1.12 bits per heavy atom. The van der Waals surface area contributed by atoms with Crippen LogP contribution in [0.3, 0.4) is 0 Å². The van der Waals surface area contributed by atoms with E-state index in [4.69, 9.17) is 5.11 Å². The number of anilines is 1. The number of hydrazine groups is 1. The first-order valence-electron chi connectivity index (χ1n) is 7.65. The van der Waals surface area contributed by atoms with Crippen LogP contribution in [0, 0.1) is 0 Å². The van der Waals surface area contributed by atoms with E-state index in [1.807, 2.05) is 24.3 Å². The number of sulfonamides is 1. The lowest BCUT2D eigenvalue weighted by molar-refractivity contribution is -0.136. The van der Waals surface area contributed by atoms with Crippen LogP contribution in [0.4, 0.5) is 5.69 Å². The van der Waals surface area contributed by atoms with E-state index in [2.05, 4.69) is 4.83 Å². The monoisotopic (exact) mass is 346 g/mol. The number of benzene rings is 2. The highest BCUT2D eigenvalue weighted by Crippen LogP contribution is 2.26. The summed E-state index contributed by atoms with van der Waals surface area (Å²) in [5.41, 5.74) is 2.19. The molecule has 1 aliphatic rings. The maximum absolute atomic E-state index is 12.8. The van der Waals surface area contributed by atoms with Crippen LogP contribution in [-0.2, 0) is 27.7 Å². The molecule has 0 aliphatic carbocycles. The van der Waals surface area contributed by atoms with Gasteiger partial charge in [0.05, 0.1) is 17.0 Å². The average Bonchev–Trinajstić information content (AvgIpc) is 2.55. The van der Waals surface area contributed by atoms with Crippen LogP contribution >= 0.6 is 0 Å². The summed E-state index contributed by atoms with van der Waals surface area (Å²) in [6.45, 7) is 0.567. The Morgan fingerprint density at radius 3 is 2.62 bits per heavy atom. The third kappa shape index (κ3) is 3.42. The summed E-state index contributed by atoms with van der Waals surface area (Å²) in [4.78, 5) is 13.6. The van der Waals surface area contributed by atoms with Crippen molar-refractivity contribution in [2.45, 2.75) is 24.2 Å². The molecule has 0 spiro atoms. The van der Waals surface area contributed by atoms with Gasteiger partial charge in [-0.05, 0) is 36.1 Å². The minimum atomic E-state index is -3.87. The van der Waals surface area contributed by atoms with Crippen LogP contribution in [0.1, 0.15) is 17.5 Å². The molecule has 2 aromatic carbocycles. The predicted molar refractivity (Wildman–Crippen MR) is 90.2 cm³/mol. The number of aryl methyl sites for hydroxylation is 1. The van der Waals surface area contributed by atoms with E-state index in [9.17, 15) is 13.2 Å². The second kappa shape index (κ2) is 6.62. The van der Waals surface area contributed by atoms with E-state index in [0.717, 1.165) is 24.1 Å². The lowest BCUT2D eigenvalue weighted by Crippen LogP contribution is -2.45. The third-order valence-corrected chi connectivity index (χ3v) is 5.38. The molecule has 6 nitrogen and oxygen atoms in total. The highest BCUT2D eigenvalue weighted by Gasteiger charge is 2.25. The van der Waals surface area contributed by atoms with Gasteiger partial charge in [0.25, 0.3) is 10.0 Å². The van der Waals surface area contributed by atoms with E-state index < -0.39 is 16.0 Å². The number of carboxylic acid groups (broad SMARTS) is 1. The second-order valence-electron chi connectivity index (χ2n) is 5.66. The van der Waals surface area contributed by atoms with Crippen LogP contribution in [0.25, 0.3) is 0 Å². The lowest BCUT2D eigenvalue weighted by Gasteiger charge is -2.31. The number of fused-ring (bicyclic) bond motifs is 1. The summed E-state index contributed by atoms with van der Waals surface area (Å²) in [7, 11) is -3.87. The van der Waals surface area contributed by atoms with Gasteiger partial charge in [-0.1, -0.05) is 36.4 Å². The van der Waals surface area contributed by atoms with Gasteiger partial charge in [0, 0.05) is 6.54 Å². The van der Waals surface area contributed by atoms with E-state index in [1.54, 1.807) is 17.1 Å². The van der Waals surface area contributed by atoms with Gasteiger partial charge in [-0.3, -0.25) is 9.80 Å². The number of rotatable bonds is 5. The number of nitrogens with one attached hydrogen (secondary N) is 1. The van der Waals surface area contributed by atoms with E-state index >= 15 is 0 Å². The maximum atomic E-state index is 12.8. The molecule has 0 radical (unpaired) electrons. The van der Waals surface area contributed by atoms with Gasteiger partial charge >= 0.3 is 5.97 Å². The van der Waals surface area contributed by atoms with E-state index in [1.165, 1.54) is 12.1 Å². The molecule has 0 fully saturated rings. The van der Waals surface area contributed by atoms with Crippen LogP contribution in [0.15, 0.2) is 53.4 Å². The summed E-state index contributed by atoms with van der Waals surface area (Å²) < 4.78 is 25.5. The van der Waals surface area contributed by atoms with E-state index in [-0.39, 0.29) is 16.9 Å². The zero-order chi connectivity index (χ0) is 17.2. The number of nitrogens with zero attached hydrogens (tertiary/aromatic N) is 1. The number of carboxylic acids is 1. The van der Waals surface area contributed by atoms with Gasteiger partial charge < -0.3 is 5.11 Å². The predicted octanol–water partition coefficient (Wildman–Crippen LogP) is 1.96. The first-order valence-corrected chi connectivity index (χ1v) is 9.13. The quantitative estimate of drug-likeness (QED) is 0.864. The van der Waals surface area contributed by atoms with Crippen molar-refractivity contribution in [3.8, 4) is 0 Å². The summed E-state index contributed by atoms with van der Waals surface area (Å²) in [6.07, 6.45) is 1.41. The fourth-order valence-corrected chi connectivity index (χ4v) is 4.22. The number of hydrogen-bond donors (Lipinski definition) is 2. The molecule has 7 heteroatoms. The fraction of sp³-hybridized carbons (Fsp3) is 0.235. The molecule has 126 valence electrons. The minimum absolute atomic E-state index is 0.00421. The molecule has 0 atom stereocenters. The molecular weight excluding hydrogens is 328 g/mol. The van der Waals surface area contributed by atoms with Gasteiger partial charge in [-0.15, -0.1) is 4.83 Å². The van der Waals surface area contributed by atoms with Crippen molar-refractivity contribution < 1.29 is 18.3 Å². The van der Waals surface area contributed by atoms with Crippen molar-refractivity contribution in [3.63, 3.8) is 0 Å².